The zero-order valence-corrected chi connectivity index (χ0v) is 18.3. The average molecular weight is 510 g/mol. The van der Waals surface area contributed by atoms with E-state index in [0.29, 0.717) is 18.5 Å². The second kappa shape index (κ2) is 10.9. The number of nitrogens with one attached hydrogen (secondary N) is 2. The van der Waals surface area contributed by atoms with Crippen molar-refractivity contribution < 1.29 is 8.78 Å². The number of hydrogen-bond donors (Lipinski definition) is 2. The van der Waals surface area contributed by atoms with Crippen LogP contribution in [0.3, 0.4) is 0 Å². The Labute approximate surface area is 179 Å². The van der Waals surface area contributed by atoms with Crippen LogP contribution in [-0.2, 0) is 6.54 Å². The summed E-state index contributed by atoms with van der Waals surface area (Å²) in [4.78, 5) is 12.0. The van der Waals surface area contributed by atoms with Gasteiger partial charge in [0.25, 0.3) is 0 Å². The SMILES string of the molecule is CN=C(NCc1nccn1C(F)F)NCC(c1cccs1)N1CCCC1.I. The first-order valence-corrected chi connectivity index (χ1v) is 9.59. The highest BCUT2D eigenvalue weighted by atomic mass is 127. The van der Waals surface area contributed by atoms with Crippen molar-refractivity contribution in [1.29, 1.82) is 0 Å². The molecule has 150 valence electrons. The van der Waals surface area contributed by atoms with E-state index in [1.54, 1.807) is 18.4 Å². The monoisotopic (exact) mass is 510 g/mol. The molecule has 2 aromatic rings. The van der Waals surface area contributed by atoms with E-state index in [-0.39, 0.29) is 36.3 Å². The van der Waals surface area contributed by atoms with Gasteiger partial charge in [0, 0.05) is 30.9 Å². The highest BCUT2D eigenvalue weighted by molar-refractivity contribution is 14.0. The highest BCUT2D eigenvalue weighted by Gasteiger charge is 2.24. The third-order valence-corrected chi connectivity index (χ3v) is 5.49. The van der Waals surface area contributed by atoms with E-state index in [0.717, 1.165) is 17.7 Å². The lowest BCUT2D eigenvalue weighted by atomic mass is 10.2. The molecule has 27 heavy (non-hydrogen) atoms. The van der Waals surface area contributed by atoms with Crippen molar-refractivity contribution in [2.24, 2.45) is 4.99 Å². The minimum absolute atomic E-state index is 0. The van der Waals surface area contributed by atoms with Crippen molar-refractivity contribution >= 4 is 41.3 Å². The van der Waals surface area contributed by atoms with Crippen LogP contribution in [0.1, 0.15) is 36.1 Å². The zero-order valence-electron chi connectivity index (χ0n) is 15.1. The van der Waals surface area contributed by atoms with E-state index in [2.05, 4.69) is 43.0 Å². The first-order chi connectivity index (χ1) is 12.7. The first kappa shape index (κ1) is 22.0. The summed E-state index contributed by atoms with van der Waals surface area (Å²) in [6.45, 7) is 0.501. The van der Waals surface area contributed by atoms with Gasteiger partial charge in [0.15, 0.2) is 5.96 Å². The topological polar surface area (TPSA) is 57.5 Å². The van der Waals surface area contributed by atoms with Gasteiger partial charge < -0.3 is 10.6 Å². The summed E-state index contributed by atoms with van der Waals surface area (Å²) in [7, 11) is 1.67. The van der Waals surface area contributed by atoms with Crippen LogP contribution in [0.15, 0.2) is 34.9 Å². The first-order valence-electron chi connectivity index (χ1n) is 8.71. The van der Waals surface area contributed by atoms with Crippen LogP contribution in [-0.4, -0.2) is 47.1 Å². The van der Waals surface area contributed by atoms with Gasteiger partial charge in [-0.3, -0.25) is 14.5 Å². The summed E-state index contributed by atoms with van der Waals surface area (Å²) < 4.78 is 26.6. The van der Waals surface area contributed by atoms with Gasteiger partial charge in [-0.25, -0.2) is 4.98 Å². The Bertz CT molecular complexity index is 700. The van der Waals surface area contributed by atoms with Crippen LogP contribution in [0.4, 0.5) is 8.78 Å². The summed E-state index contributed by atoms with van der Waals surface area (Å²) in [5.74, 6) is 0.854. The number of alkyl halides is 2. The fourth-order valence-electron chi connectivity index (χ4n) is 3.18. The van der Waals surface area contributed by atoms with E-state index in [9.17, 15) is 8.78 Å². The van der Waals surface area contributed by atoms with E-state index < -0.39 is 6.55 Å². The zero-order chi connectivity index (χ0) is 18.4. The number of guanidine groups is 1. The molecule has 1 saturated heterocycles. The van der Waals surface area contributed by atoms with Gasteiger partial charge in [-0.15, -0.1) is 35.3 Å². The lowest BCUT2D eigenvalue weighted by molar-refractivity contribution is 0.0668. The molecule has 3 heterocycles. The molecule has 0 saturated carbocycles. The minimum Gasteiger partial charge on any atom is -0.354 e. The molecule has 1 fully saturated rings. The average Bonchev–Trinajstić information content (AvgIpc) is 3.40. The maximum atomic E-state index is 12.9. The third-order valence-electron chi connectivity index (χ3n) is 4.51. The number of aliphatic imine (C=N–C) groups is 1. The quantitative estimate of drug-likeness (QED) is 0.341. The van der Waals surface area contributed by atoms with E-state index in [4.69, 9.17) is 0 Å². The molecule has 0 radical (unpaired) electrons. The maximum absolute atomic E-state index is 12.9. The third kappa shape index (κ3) is 5.85. The van der Waals surface area contributed by atoms with Crippen LogP contribution < -0.4 is 10.6 Å². The van der Waals surface area contributed by atoms with Crippen molar-refractivity contribution in [1.82, 2.24) is 25.1 Å². The lowest BCUT2D eigenvalue weighted by Gasteiger charge is -2.27. The minimum atomic E-state index is -2.59. The Kier molecular flexibility index (Phi) is 8.90. The van der Waals surface area contributed by atoms with Crippen molar-refractivity contribution in [3.8, 4) is 0 Å². The van der Waals surface area contributed by atoms with Crippen LogP contribution in [0.2, 0.25) is 0 Å². The Morgan fingerprint density at radius 2 is 2.11 bits per heavy atom. The van der Waals surface area contributed by atoms with E-state index in [1.807, 2.05) is 0 Å². The fourth-order valence-corrected chi connectivity index (χ4v) is 4.04. The summed E-state index contributed by atoms with van der Waals surface area (Å²) in [6, 6.07) is 4.52. The molecule has 2 aromatic heterocycles. The molecule has 1 aliphatic heterocycles. The van der Waals surface area contributed by atoms with Crippen LogP contribution in [0.25, 0.3) is 0 Å². The van der Waals surface area contributed by atoms with Gasteiger partial charge in [0.1, 0.15) is 5.82 Å². The fraction of sp³-hybridized carbons (Fsp3) is 0.529. The smallest absolute Gasteiger partial charge is 0.319 e. The van der Waals surface area contributed by atoms with Crippen molar-refractivity contribution in [2.75, 3.05) is 26.7 Å². The molecule has 0 bridgehead atoms. The molecule has 3 rings (SSSR count). The molecule has 1 aliphatic rings. The van der Waals surface area contributed by atoms with Crippen LogP contribution in [0, 0.1) is 0 Å². The molecular weight excluding hydrogens is 485 g/mol. The second-order valence-corrected chi connectivity index (χ2v) is 7.09. The predicted molar refractivity (Wildman–Crippen MR) is 115 cm³/mol. The molecule has 10 heteroatoms. The van der Waals surface area contributed by atoms with Crippen molar-refractivity contribution in [2.45, 2.75) is 32.0 Å². The molecule has 0 spiro atoms. The highest BCUT2D eigenvalue weighted by Crippen LogP contribution is 2.27. The molecule has 1 unspecified atom stereocenters. The molecule has 0 aliphatic carbocycles. The van der Waals surface area contributed by atoms with Gasteiger partial charge >= 0.3 is 6.55 Å². The molecule has 6 nitrogen and oxygen atoms in total. The summed E-state index contributed by atoms with van der Waals surface area (Å²) in [5, 5.41) is 8.48. The van der Waals surface area contributed by atoms with Gasteiger partial charge in [0.2, 0.25) is 0 Å². The number of rotatable bonds is 7. The molecule has 0 amide bonds. The molecular formula is C17H25F2IN6S. The van der Waals surface area contributed by atoms with Gasteiger partial charge in [-0.1, -0.05) is 6.07 Å². The number of aromatic nitrogens is 2. The van der Waals surface area contributed by atoms with Gasteiger partial charge in [-0.2, -0.15) is 8.78 Å². The number of nitrogens with zero attached hydrogens (tertiary/aromatic N) is 4. The lowest BCUT2D eigenvalue weighted by Crippen LogP contribution is -2.42. The number of thiophene rings is 1. The van der Waals surface area contributed by atoms with Crippen molar-refractivity contribution in [3.63, 3.8) is 0 Å². The predicted octanol–water partition coefficient (Wildman–Crippen LogP) is 3.46. The number of hydrogen-bond acceptors (Lipinski definition) is 4. The Balaban J connectivity index is 0.00000261. The molecule has 1 atom stereocenters. The Hall–Kier alpha value is -1.27. The summed E-state index contributed by atoms with van der Waals surface area (Å²) in [6.07, 6.45) is 5.11. The van der Waals surface area contributed by atoms with E-state index >= 15 is 0 Å². The summed E-state index contributed by atoms with van der Waals surface area (Å²) in [5.41, 5.74) is 0. The Morgan fingerprint density at radius 1 is 1.33 bits per heavy atom. The van der Waals surface area contributed by atoms with E-state index in [1.165, 1.54) is 30.1 Å². The normalized spacial score (nSPS) is 16.4. The van der Waals surface area contributed by atoms with Crippen LogP contribution in [0.5, 0.6) is 0 Å². The van der Waals surface area contributed by atoms with Gasteiger partial charge in [0.05, 0.1) is 12.6 Å². The largest absolute Gasteiger partial charge is 0.354 e. The van der Waals surface area contributed by atoms with Crippen molar-refractivity contribution in [3.05, 3.63) is 40.6 Å². The Morgan fingerprint density at radius 3 is 2.74 bits per heavy atom. The molecule has 0 aromatic carbocycles. The van der Waals surface area contributed by atoms with Gasteiger partial charge in [-0.05, 0) is 37.4 Å². The maximum Gasteiger partial charge on any atom is 0.319 e. The molecule has 2 N–H and O–H groups in total. The summed E-state index contributed by atoms with van der Waals surface area (Å²) >= 11 is 1.76. The number of halogens is 3. The van der Waals surface area contributed by atoms with Crippen LogP contribution >= 0.6 is 35.3 Å². The number of imidazole rings is 1. The number of likely N-dealkylation sites (tertiary alicyclic amines) is 1. The second-order valence-electron chi connectivity index (χ2n) is 6.11. The standard InChI is InChI=1S/C17H24F2N6S.HI/c1-20-17(23-12-15-21-6-9-25(15)16(18)19)22-11-13(14-5-4-10-26-14)24-7-2-3-8-24;/h4-6,9-10,13,16H,2-3,7-8,11-12H2,1H3,(H2,20,22,23);1H.